The highest BCUT2D eigenvalue weighted by molar-refractivity contribution is 6.19. The molecule has 0 aliphatic carbocycles. The molecule has 0 radical (unpaired) electrons. The van der Waals surface area contributed by atoms with E-state index in [-0.39, 0.29) is 0 Å². The molecule has 0 aliphatic rings. The van der Waals surface area contributed by atoms with Gasteiger partial charge in [0.15, 0.2) is 0 Å². The largest absolute Gasteiger partial charge is 0.455 e. The van der Waals surface area contributed by atoms with Gasteiger partial charge in [-0.05, 0) is 84.5 Å². The van der Waals surface area contributed by atoms with Crippen LogP contribution >= 0.6 is 0 Å². The number of fused-ring (bicyclic) bond motifs is 11. The summed E-state index contributed by atoms with van der Waals surface area (Å²) in [6, 6.07) is 77.0. The molecule has 58 heavy (non-hydrogen) atoms. The van der Waals surface area contributed by atoms with E-state index >= 15 is 0 Å². The zero-order valence-corrected chi connectivity index (χ0v) is 31.6. The molecule has 0 N–H and O–H groups in total. The molecular formula is C56H35NO. The van der Waals surface area contributed by atoms with Gasteiger partial charge in [-0.1, -0.05) is 182 Å². The van der Waals surface area contributed by atoms with Crippen LogP contribution in [0.1, 0.15) is 0 Å². The molecule has 2 heteroatoms. The Balaban J connectivity index is 1.09. The Morgan fingerprint density at radius 3 is 1.59 bits per heavy atom. The van der Waals surface area contributed by atoms with Crippen molar-refractivity contribution in [2.75, 3.05) is 4.90 Å². The number of nitrogens with zero attached hydrogens (tertiary/aromatic N) is 1. The number of hydrogen-bond acceptors (Lipinski definition) is 2. The first kappa shape index (κ1) is 32.6. The maximum atomic E-state index is 6.93. The summed E-state index contributed by atoms with van der Waals surface area (Å²) >= 11 is 0. The van der Waals surface area contributed by atoms with Gasteiger partial charge < -0.3 is 9.32 Å². The fraction of sp³-hybridized carbons (Fsp3) is 0. The van der Waals surface area contributed by atoms with Crippen LogP contribution in [0.5, 0.6) is 0 Å². The number of rotatable bonds is 5. The smallest absolute Gasteiger partial charge is 0.143 e. The first-order chi connectivity index (χ1) is 28.8. The zero-order valence-electron chi connectivity index (χ0n) is 31.6. The van der Waals surface area contributed by atoms with Crippen LogP contribution in [0, 0.1) is 0 Å². The molecule has 1 heterocycles. The van der Waals surface area contributed by atoms with Gasteiger partial charge in [-0.2, -0.15) is 0 Å². The van der Waals surface area contributed by atoms with Crippen molar-refractivity contribution in [1.29, 1.82) is 0 Å². The minimum atomic E-state index is 0.892. The summed E-state index contributed by atoms with van der Waals surface area (Å²) in [5.41, 5.74) is 9.64. The molecule has 0 bridgehead atoms. The molecule has 12 aromatic rings. The van der Waals surface area contributed by atoms with Crippen molar-refractivity contribution in [2.24, 2.45) is 0 Å². The van der Waals surface area contributed by atoms with E-state index in [4.69, 9.17) is 4.42 Å². The van der Waals surface area contributed by atoms with Crippen LogP contribution in [0.15, 0.2) is 217 Å². The molecule has 0 atom stereocenters. The molecule has 2 nitrogen and oxygen atoms in total. The highest BCUT2D eigenvalue weighted by atomic mass is 16.3. The highest BCUT2D eigenvalue weighted by Gasteiger charge is 2.23. The van der Waals surface area contributed by atoms with Gasteiger partial charge in [-0.25, -0.2) is 0 Å². The van der Waals surface area contributed by atoms with E-state index in [1.165, 1.54) is 59.6 Å². The summed E-state index contributed by atoms with van der Waals surface area (Å²) in [5, 5.41) is 14.4. The first-order valence-corrected chi connectivity index (χ1v) is 19.9. The molecule has 270 valence electrons. The molecule has 11 aromatic carbocycles. The average Bonchev–Trinajstić information content (AvgIpc) is 3.69. The van der Waals surface area contributed by atoms with E-state index in [0.717, 1.165) is 55.5 Å². The van der Waals surface area contributed by atoms with E-state index in [9.17, 15) is 0 Å². The number of benzene rings is 11. The molecule has 0 fully saturated rings. The SMILES string of the molecule is c1ccc(N(c2ccc(-c3cccc4c3ccc3ccccc34)cc2)c2cc3ccccc3c3ccccc23)c(-c2cccc3c2oc2c4ccccc4ccc32)c1. The van der Waals surface area contributed by atoms with Gasteiger partial charge in [0, 0.05) is 38.4 Å². The van der Waals surface area contributed by atoms with Gasteiger partial charge in [-0.3, -0.25) is 0 Å². The lowest BCUT2D eigenvalue weighted by molar-refractivity contribution is 0.674. The van der Waals surface area contributed by atoms with Crippen LogP contribution in [0.2, 0.25) is 0 Å². The second-order valence-electron chi connectivity index (χ2n) is 15.2. The van der Waals surface area contributed by atoms with Crippen LogP contribution in [-0.4, -0.2) is 0 Å². The summed E-state index contributed by atoms with van der Waals surface area (Å²) in [7, 11) is 0. The first-order valence-electron chi connectivity index (χ1n) is 19.9. The van der Waals surface area contributed by atoms with Crippen molar-refractivity contribution in [1.82, 2.24) is 0 Å². The second kappa shape index (κ2) is 12.9. The van der Waals surface area contributed by atoms with Crippen molar-refractivity contribution in [3.63, 3.8) is 0 Å². The van der Waals surface area contributed by atoms with Gasteiger partial charge in [0.2, 0.25) is 0 Å². The molecule has 0 aliphatic heterocycles. The zero-order chi connectivity index (χ0) is 38.2. The third-order valence-corrected chi connectivity index (χ3v) is 12.0. The van der Waals surface area contributed by atoms with E-state index in [0.29, 0.717) is 0 Å². The fourth-order valence-corrected chi connectivity index (χ4v) is 9.34. The molecular weight excluding hydrogens is 703 g/mol. The Kier molecular flexibility index (Phi) is 7.26. The number of furan rings is 1. The van der Waals surface area contributed by atoms with Crippen molar-refractivity contribution >= 4 is 92.9 Å². The Labute approximate surface area is 335 Å². The van der Waals surface area contributed by atoms with E-state index in [1.807, 2.05) is 0 Å². The normalized spacial score (nSPS) is 11.8. The van der Waals surface area contributed by atoms with E-state index < -0.39 is 0 Å². The summed E-state index contributed by atoms with van der Waals surface area (Å²) in [6.45, 7) is 0. The lowest BCUT2D eigenvalue weighted by Crippen LogP contribution is -2.12. The van der Waals surface area contributed by atoms with Crippen LogP contribution < -0.4 is 4.90 Å². The molecule has 0 saturated heterocycles. The Morgan fingerprint density at radius 1 is 0.276 bits per heavy atom. The topological polar surface area (TPSA) is 16.4 Å². The quantitative estimate of drug-likeness (QED) is 0.164. The minimum Gasteiger partial charge on any atom is -0.455 e. The summed E-state index contributed by atoms with van der Waals surface area (Å²) < 4.78 is 6.93. The van der Waals surface area contributed by atoms with Gasteiger partial charge >= 0.3 is 0 Å². The summed E-state index contributed by atoms with van der Waals surface area (Å²) in [6.07, 6.45) is 0. The fourth-order valence-electron chi connectivity index (χ4n) is 9.34. The molecule has 12 rings (SSSR count). The second-order valence-corrected chi connectivity index (χ2v) is 15.2. The van der Waals surface area contributed by atoms with Crippen LogP contribution in [0.25, 0.3) is 98.1 Å². The lowest BCUT2D eigenvalue weighted by Gasteiger charge is -2.29. The Morgan fingerprint density at radius 2 is 0.793 bits per heavy atom. The maximum absolute atomic E-state index is 6.93. The third kappa shape index (κ3) is 4.99. The highest BCUT2D eigenvalue weighted by Crippen LogP contribution is 2.48. The van der Waals surface area contributed by atoms with E-state index in [1.54, 1.807) is 0 Å². The Bertz CT molecular complexity index is 3580. The average molecular weight is 738 g/mol. The number of para-hydroxylation sites is 2. The minimum absolute atomic E-state index is 0.892. The van der Waals surface area contributed by atoms with Gasteiger partial charge in [0.1, 0.15) is 11.2 Å². The lowest BCUT2D eigenvalue weighted by atomic mass is 9.94. The molecule has 0 saturated carbocycles. The van der Waals surface area contributed by atoms with Gasteiger partial charge in [0.25, 0.3) is 0 Å². The standard InChI is InChI=1S/C56H35NO/c1-4-16-41-36(13-1)29-33-47-42(22-11-23-45(41)47)38-27-31-40(32-28-38)57(54-35-39-15-3-5-17-43(39)46-19-7-8-20-48(46)54)53-26-10-9-21-49(53)50-24-12-25-51-52-34-30-37-14-2-6-18-44(37)55(52)58-56(50)51/h1-35H. The van der Waals surface area contributed by atoms with Crippen LogP contribution in [0.4, 0.5) is 17.1 Å². The predicted molar refractivity (Wildman–Crippen MR) is 247 cm³/mol. The van der Waals surface area contributed by atoms with Crippen molar-refractivity contribution < 1.29 is 4.42 Å². The van der Waals surface area contributed by atoms with Crippen molar-refractivity contribution in [2.45, 2.75) is 0 Å². The summed E-state index contributed by atoms with van der Waals surface area (Å²) in [5.74, 6) is 0. The predicted octanol–water partition coefficient (Wildman–Crippen LogP) is 16.2. The monoisotopic (exact) mass is 737 g/mol. The van der Waals surface area contributed by atoms with Gasteiger partial charge in [0.05, 0.1) is 11.4 Å². The maximum Gasteiger partial charge on any atom is 0.143 e. The molecule has 1 aromatic heterocycles. The van der Waals surface area contributed by atoms with Gasteiger partial charge in [-0.15, -0.1) is 0 Å². The van der Waals surface area contributed by atoms with Crippen LogP contribution in [0.3, 0.4) is 0 Å². The number of anilines is 3. The van der Waals surface area contributed by atoms with Crippen molar-refractivity contribution in [3.8, 4) is 22.3 Å². The van der Waals surface area contributed by atoms with Crippen LogP contribution in [-0.2, 0) is 0 Å². The molecule has 0 amide bonds. The molecule has 0 spiro atoms. The number of hydrogen-bond donors (Lipinski definition) is 0. The van der Waals surface area contributed by atoms with E-state index in [2.05, 4.69) is 217 Å². The summed E-state index contributed by atoms with van der Waals surface area (Å²) in [4.78, 5) is 2.45. The third-order valence-electron chi connectivity index (χ3n) is 12.0. The van der Waals surface area contributed by atoms with Crippen molar-refractivity contribution in [3.05, 3.63) is 212 Å². The molecule has 0 unspecified atom stereocenters. The Hall–Kier alpha value is -7.68.